The number of aromatic nitrogens is 8. The molecular formula is C22H22N8. The Morgan fingerprint density at radius 3 is 2.57 bits per heavy atom. The fraction of sp³-hybridized carbons (Fsp3) is 0.136. The normalized spacial score (nSPS) is 10.5. The molecule has 0 aromatic carbocycles. The zero-order chi connectivity index (χ0) is 20.9. The van der Waals surface area contributed by atoms with E-state index in [1.165, 1.54) is 11.1 Å². The Bertz CT molecular complexity index is 1320. The second-order valence-corrected chi connectivity index (χ2v) is 6.87. The number of nitrogens with one attached hydrogen (secondary N) is 1. The maximum absolute atomic E-state index is 4.10. The van der Waals surface area contributed by atoms with Crippen LogP contribution >= 0.6 is 0 Å². The predicted octanol–water partition coefficient (Wildman–Crippen LogP) is 3.95. The van der Waals surface area contributed by atoms with Crippen molar-refractivity contribution in [2.24, 2.45) is 0 Å². The first-order chi connectivity index (χ1) is 14.6. The van der Waals surface area contributed by atoms with Crippen molar-refractivity contribution in [3.63, 3.8) is 0 Å². The van der Waals surface area contributed by atoms with Crippen LogP contribution in [0.1, 0.15) is 16.8 Å². The van der Waals surface area contributed by atoms with Crippen LogP contribution in [0.5, 0.6) is 0 Å². The predicted molar refractivity (Wildman–Crippen MR) is 116 cm³/mol. The van der Waals surface area contributed by atoms with Crippen LogP contribution in [-0.2, 0) is 0 Å². The number of hydrogen-bond donors (Lipinski definition) is 1. The van der Waals surface area contributed by atoms with E-state index in [1.807, 2.05) is 55.0 Å². The highest BCUT2D eigenvalue weighted by Crippen LogP contribution is 2.09. The van der Waals surface area contributed by atoms with Crippen molar-refractivity contribution < 1.29 is 0 Å². The molecule has 6 aromatic heterocycles. The van der Waals surface area contributed by atoms with E-state index >= 15 is 0 Å². The van der Waals surface area contributed by atoms with Gasteiger partial charge in [-0.1, -0.05) is 6.07 Å². The van der Waals surface area contributed by atoms with Crippen LogP contribution in [0.4, 0.5) is 0 Å². The van der Waals surface area contributed by atoms with Gasteiger partial charge in [0, 0.05) is 24.8 Å². The monoisotopic (exact) mass is 398 g/mol. The molecule has 150 valence electrons. The van der Waals surface area contributed by atoms with Gasteiger partial charge in [-0.15, -0.1) is 0 Å². The number of aromatic amines is 1. The quantitative estimate of drug-likeness (QED) is 0.418. The summed E-state index contributed by atoms with van der Waals surface area (Å²) in [6.45, 7) is 6.04. The van der Waals surface area contributed by atoms with E-state index in [-0.39, 0.29) is 0 Å². The molecular weight excluding hydrogens is 376 g/mol. The van der Waals surface area contributed by atoms with E-state index in [0.717, 1.165) is 27.9 Å². The van der Waals surface area contributed by atoms with Gasteiger partial charge < -0.3 is 4.98 Å². The van der Waals surface area contributed by atoms with Crippen molar-refractivity contribution in [1.29, 1.82) is 0 Å². The van der Waals surface area contributed by atoms with Gasteiger partial charge in [-0.2, -0.15) is 10.2 Å². The van der Waals surface area contributed by atoms with Gasteiger partial charge in [0.05, 0.1) is 23.1 Å². The molecule has 6 rings (SSSR count). The van der Waals surface area contributed by atoms with Crippen molar-refractivity contribution in [3.8, 4) is 0 Å². The lowest BCUT2D eigenvalue weighted by Gasteiger charge is -1.92. The number of pyridine rings is 3. The molecule has 8 heteroatoms. The van der Waals surface area contributed by atoms with Gasteiger partial charge in [0.1, 0.15) is 11.8 Å². The van der Waals surface area contributed by atoms with Crippen LogP contribution in [0.2, 0.25) is 0 Å². The second-order valence-electron chi connectivity index (χ2n) is 6.87. The first-order valence-electron chi connectivity index (χ1n) is 9.51. The fourth-order valence-electron chi connectivity index (χ4n) is 2.94. The van der Waals surface area contributed by atoms with Gasteiger partial charge >= 0.3 is 0 Å². The van der Waals surface area contributed by atoms with Gasteiger partial charge in [-0.3, -0.25) is 4.98 Å². The highest BCUT2D eigenvalue weighted by Gasteiger charge is 1.97. The fourth-order valence-corrected chi connectivity index (χ4v) is 2.94. The molecule has 0 spiro atoms. The minimum absolute atomic E-state index is 0.903. The number of imidazole rings is 1. The summed E-state index contributed by atoms with van der Waals surface area (Å²) in [6, 6.07) is 12.0. The van der Waals surface area contributed by atoms with Crippen LogP contribution < -0.4 is 0 Å². The van der Waals surface area contributed by atoms with Crippen LogP contribution in [0.3, 0.4) is 0 Å². The van der Waals surface area contributed by atoms with Gasteiger partial charge in [-0.05, 0) is 62.2 Å². The maximum atomic E-state index is 4.10. The van der Waals surface area contributed by atoms with Gasteiger partial charge in [0.25, 0.3) is 0 Å². The number of hydrogen-bond acceptors (Lipinski definition) is 5. The summed E-state index contributed by atoms with van der Waals surface area (Å²) in [5.41, 5.74) is 7.47. The Balaban J connectivity index is 0.000000109. The smallest absolute Gasteiger partial charge is 0.155 e. The summed E-state index contributed by atoms with van der Waals surface area (Å²) < 4.78 is 3.61. The third-order valence-electron chi connectivity index (χ3n) is 4.50. The average molecular weight is 398 g/mol. The summed E-state index contributed by atoms with van der Waals surface area (Å²) in [6.07, 6.45) is 10.7. The minimum atomic E-state index is 0.903. The Hall–Kier alpha value is -4.07. The molecule has 0 atom stereocenters. The summed E-state index contributed by atoms with van der Waals surface area (Å²) >= 11 is 0. The zero-order valence-corrected chi connectivity index (χ0v) is 17.1. The summed E-state index contributed by atoms with van der Waals surface area (Å²) in [7, 11) is 0. The third-order valence-corrected chi connectivity index (χ3v) is 4.50. The topological polar surface area (TPSA) is 89.1 Å². The Labute approximate surface area is 173 Å². The number of H-pyrrole nitrogens is 1. The van der Waals surface area contributed by atoms with Crippen LogP contribution in [-0.4, -0.2) is 39.2 Å². The molecule has 0 aliphatic rings. The Morgan fingerprint density at radius 1 is 0.800 bits per heavy atom. The standard InChI is InChI=1S/C8H8N2.2C7H7N3/c1-7-2-3-8-4-5-9-10(8)6-7;1-6-2-3-10-7(4-6)8-5-9-10;1-5-7-6(2-3-8-5)9-4-10-7/h2-6H,1H3;2-5H,1H3;2-4H,1H3,(H,9,10). The van der Waals surface area contributed by atoms with Crippen molar-refractivity contribution >= 4 is 22.2 Å². The minimum Gasteiger partial charge on any atom is -0.344 e. The molecule has 0 aliphatic carbocycles. The van der Waals surface area contributed by atoms with Gasteiger partial charge in [0.15, 0.2) is 5.65 Å². The number of fused-ring (bicyclic) bond motifs is 3. The van der Waals surface area contributed by atoms with Crippen molar-refractivity contribution in [2.45, 2.75) is 20.8 Å². The maximum Gasteiger partial charge on any atom is 0.155 e. The van der Waals surface area contributed by atoms with E-state index in [0.29, 0.717) is 0 Å². The molecule has 1 N–H and O–H groups in total. The lowest BCUT2D eigenvalue weighted by Crippen LogP contribution is -1.85. The molecule has 0 unspecified atom stereocenters. The molecule has 6 heterocycles. The molecule has 6 aromatic rings. The molecule has 8 nitrogen and oxygen atoms in total. The number of rotatable bonds is 0. The van der Waals surface area contributed by atoms with Gasteiger partial charge in [-0.25, -0.2) is 19.0 Å². The molecule has 0 fully saturated rings. The van der Waals surface area contributed by atoms with E-state index in [9.17, 15) is 0 Å². The zero-order valence-electron chi connectivity index (χ0n) is 17.1. The summed E-state index contributed by atoms with van der Waals surface area (Å²) in [5.74, 6) is 0. The molecule has 30 heavy (non-hydrogen) atoms. The average Bonchev–Trinajstić information content (AvgIpc) is 3.49. The van der Waals surface area contributed by atoms with Gasteiger partial charge in [0.2, 0.25) is 0 Å². The van der Waals surface area contributed by atoms with Crippen LogP contribution in [0, 0.1) is 20.8 Å². The largest absolute Gasteiger partial charge is 0.344 e. The first-order valence-corrected chi connectivity index (χ1v) is 9.51. The van der Waals surface area contributed by atoms with Crippen LogP contribution in [0.15, 0.2) is 73.8 Å². The Kier molecular flexibility index (Phi) is 5.47. The Morgan fingerprint density at radius 2 is 1.70 bits per heavy atom. The van der Waals surface area contributed by atoms with E-state index in [4.69, 9.17) is 0 Å². The first kappa shape index (κ1) is 19.3. The lowest BCUT2D eigenvalue weighted by molar-refractivity contribution is 0.952. The lowest BCUT2D eigenvalue weighted by atomic mass is 10.3. The summed E-state index contributed by atoms with van der Waals surface area (Å²) in [4.78, 5) is 15.2. The van der Waals surface area contributed by atoms with Crippen molar-refractivity contribution in [2.75, 3.05) is 0 Å². The molecule has 0 amide bonds. The van der Waals surface area contributed by atoms with E-state index < -0.39 is 0 Å². The van der Waals surface area contributed by atoms with Crippen molar-refractivity contribution in [3.05, 3.63) is 90.7 Å². The molecule has 0 saturated carbocycles. The highest BCUT2D eigenvalue weighted by molar-refractivity contribution is 5.75. The third kappa shape index (κ3) is 4.33. The second kappa shape index (κ2) is 8.52. The number of nitrogens with zero attached hydrogens (tertiary/aromatic N) is 7. The van der Waals surface area contributed by atoms with E-state index in [1.54, 1.807) is 29.6 Å². The van der Waals surface area contributed by atoms with Crippen LogP contribution in [0.25, 0.3) is 22.2 Å². The summed E-state index contributed by atoms with van der Waals surface area (Å²) in [5, 5.41) is 8.06. The highest BCUT2D eigenvalue weighted by atomic mass is 15.3. The van der Waals surface area contributed by atoms with Crippen molar-refractivity contribution in [1.82, 2.24) is 39.2 Å². The SMILES string of the molecule is Cc1ccc2ccnn2c1.Cc1ccn2ncnc2c1.Cc1nccc2[nH]cnc12. The molecule has 0 radical (unpaired) electrons. The number of aryl methyl sites for hydroxylation is 3. The molecule has 0 saturated heterocycles. The molecule has 0 bridgehead atoms. The van der Waals surface area contributed by atoms with E-state index in [2.05, 4.69) is 49.2 Å². The molecule has 0 aliphatic heterocycles.